The molecule has 0 aliphatic carbocycles. The Kier molecular flexibility index (Phi) is 3.17. The van der Waals surface area contributed by atoms with Gasteiger partial charge in [0.25, 0.3) is 5.91 Å². The smallest absolute Gasteiger partial charge is 0.274 e. The average Bonchev–Trinajstić information content (AvgIpc) is 2.18. The van der Waals surface area contributed by atoms with Crippen LogP contribution in [0.1, 0.15) is 17.4 Å². The summed E-state index contributed by atoms with van der Waals surface area (Å²) in [6.45, 7) is 5.35. The summed E-state index contributed by atoms with van der Waals surface area (Å²) in [5.41, 5.74) is 5.62. The predicted octanol–water partition coefficient (Wildman–Crippen LogP) is 0.363. The molecule has 1 amide bonds. The lowest BCUT2D eigenvalue weighted by Crippen LogP contribution is -2.32. The van der Waals surface area contributed by atoms with Gasteiger partial charge in [-0.3, -0.25) is 4.79 Å². The first-order valence-corrected chi connectivity index (χ1v) is 4.15. The number of carbonyl (C=O) groups is 1. The van der Waals surface area contributed by atoms with Crippen LogP contribution >= 0.6 is 0 Å². The van der Waals surface area contributed by atoms with Gasteiger partial charge in [0.05, 0.1) is 0 Å². The highest BCUT2D eigenvalue weighted by Crippen LogP contribution is 2.02. The van der Waals surface area contributed by atoms with Gasteiger partial charge in [-0.15, -0.1) is 6.58 Å². The summed E-state index contributed by atoms with van der Waals surface area (Å²) in [6, 6.07) is -0.121. The summed E-state index contributed by atoms with van der Waals surface area (Å²) >= 11 is 0. The van der Waals surface area contributed by atoms with Gasteiger partial charge in [0.2, 0.25) is 0 Å². The minimum Gasteiger partial charge on any atom is -0.382 e. The number of nitrogen functional groups attached to an aromatic ring is 1. The number of amides is 1. The van der Waals surface area contributed by atoms with Crippen molar-refractivity contribution in [3.05, 3.63) is 30.7 Å². The van der Waals surface area contributed by atoms with E-state index >= 15 is 0 Å². The number of carbonyl (C=O) groups excluding carboxylic acids is 1. The highest BCUT2D eigenvalue weighted by Gasteiger charge is 2.12. The maximum Gasteiger partial charge on any atom is 0.274 e. The molecule has 0 aliphatic rings. The minimum atomic E-state index is -0.344. The monoisotopic (exact) mass is 192 g/mol. The molecular formula is C9H12N4O. The topological polar surface area (TPSA) is 80.9 Å². The lowest BCUT2D eigenvalue weighted by atomic mass is 10.3. The van der Waals surface area contributed by atoms with Gasteiger partial charge in [-0.25, -0.2) is 9.97 Å². The van der Waals surface area contributed by atoms with E-state index < -0.39 is 0 Å². The summed E-state index contributed by atoms with van der Waals surface area (Å²) in [5, 5.41) is 2.65. The Morgan fingerprint density at radius 2 is 2.29 bits per heavy atom. The van der Waals surface area contributed by atoms with E-state index in [0.29, 0.717) is 0 Å². The summed E-state index contributed by atoms with van der Waals surface area (Å²) in [7, 11) is 0. The largest absolute Gasteiger partial charge is 0.382 e. The lowest BCUT2D eigenvalue weighted by Gasteiger charge is -2.08. The van der Waals surface area contributed by atoms with Crippen LogP contribution < -0.4 is 11.1 Å². The molecule has 0 bridgehead atoms. The summed E-state index contributed by atoms with van der Waals surface area (Å²) in [5.74, 6) is -0.218. The third-order valence-electron chi connectivity index (χ3n) is 1.65. The van der Waals surface area contributed by atoms with E-state index in [1.807, 2.05) is 0 Å². The molecule has 1 aromatic heterocycles. The Morgan fingerprint density at radius 1 is 1.64 bits per heavy atom. The highest BCUT2D eigenvalue weighted by atomic mass is 16.1. The molecule has 1 unspecified atom stereocenters. The number of nitrogens with zero attached hydrogens (tertiary/aromatic N) is 2. The van der Waals surface area contributed by atoms with Crippen LogP contribution in [-0.4, -0.2) is 21.9 Å². The van der Waals surface area contributed by atoms with Crippen LogP contribution in [0.15, 0.2) is 25.0 Å². The second-order valence-corrected chi connectivity index (χ2v) is 2.79. The normalized spacial score (nSPS) is 11.8. The molecular weight excluding hydrogens is 180 g/mol. The van der Waals surface area contributed by atoms with Crippen molar-refractivity contribution in [2.45, 2.75) is 13.0 Å². The van der Waals surface area contributed by atoms with Crippen molar-refractivity contribution in [1.29, 1.82) is 0 Å². The van der Waals surface area contributed by atoms with Crippen LogP contribution in [0.5, 0.6) is 0 Å². The third-order valence-corrected chi connectivity index (χ3v) is 1.65. The maximum atomic E-state index is 11.5. The quantitative estimate of drug-likeness (QED) is 0.678. The molecule has 1 rings (SSSR count). The molecule has 0 radical (unpaired) electrons. The molecule has 0 aromatic carbocycles. The summed E-state index contributed by atoms with van der Waals surface area (Å²) in [6.07, 6.45) is 4.47. The first-order chi connectivity index (χ1) is 6.65. The number of rotatable bonds is 3. The Labute approximate surface area is 82.1 Å². The Hall–Kier alpha value is -1.91. The SMILES string of the molecule is C=CC(C)NC(=O)c1nccnc1N. The van der Waals surface area contributed by atoms with Crippen molar-refractivity contribution in [2.24, 2.45) is 0 Å². The second kappa shape index (κ2) is 4.36. The molecule has 0 aliphatic heterocycles. The zero-order valence-electron chi connectivity index (χ0n) is 7.90. The van der Waals surface area contributed by atoms with Gasteiger partial charge in [0, 0.05) is 18.4 Å². The zero-order valence-corrected chi connectivity index (χ0v) is 7.90. The van der Waals surface area contributed by atoms with Gasteiger partial charge in [-0.05, 0) is 6.92 Å². The van der Waals surface area contributed by atoms with Gasteiger partial charge in [-0.2, -0.15) is 0 Å². The van der Waals surface area contributed by atoms with Crippen LogP contribution in [0.25, 0.3) is 0 Å². The molecule has 0 spiro atoms. The van der Waals surface area contributed by atoms with Gasteiger partial charge < -0.3 is 11.1 Å². The van der Waals surface area contributed by atoms with Crippen LogP contribution in [0.3, 0.4) is 0 Å². The van der Waals surface area contributed by atoms with Crippen molar-refractivity contribution < 1.29 is 4.79 Å². The first-order valence-electron chi connectivity index (χ1n) is 4.15. The summed E-state index contributed by atoms with van der Waals surface area (Å²) in [4.78, 5) is 19.1. The van der Waals surface area contributed by atoms with E-state index in [1.54, 1.807) is 13.0 Å². The highest BCUT2D eigenvalue weighted by molar-refractivity contribution is 5.96. The fraction of sp³-hybridized carbons (Fsp3) is 0.222. The average molecular weight is 192 g/mol. The van der Waals surface area contributed by atoms with Gasteiger partial charge in [0.15, 0.2) is 11.5 Å². The van der Waals surface area contributed by atoms with E-state index in [0.717, 1.165) is 0 Å². The Morgan fingerprint density at radius 3 is 2.86 bits per heavy atom. The number of aromatic nitrogens is 2. The Balaban J connectivity index is 2.80. The minimum absolute atomic E-state index is 0.121. The van der Waals surface area contributed by atoms with E-state index in [9.17, 15) is 4.79 Å². The van der Waals surface area contributed by atoms with Gasteiger partial charge in [0.1, 0.15) is 0 Å². The molecule has 0 saturated heterocycles. The number of nitrogens with one attached hydrogen (secondary N) is 1. The van der Waals surface area contributed by atoms with Crippen LogP contribution in [0, 0.1) is 0 Å². The van der Waals surface area contributed by atoms with E-state index in [4.69, 9.17) is 5.73 Å². The summed E-state index contributed by atoms with van der Waals surface area (Å²) < 4.78 is 0. The van der Waals surface area contributed by atoms with Crippen LogP contribution in [0.2, 0.25) is 0 Å². The van der Waals surface area contributed by atoms with E-state index in [1.165, 1.54) is 12.4 Å². The van der Waals surface area contributed by atoms with Crippen molar-refractivity contribution in [3.8, 4) is 0 Å². The standard InChI is InChI=1S/C9H12N4O/c1-3-6(2)13-9(14)7-8(10)12-5-4-11-7/h3-6H,1H2,2H3,(H2,10,12)(H,13,14). The number of nitrogens with two attached hydrogens (primary N) is 1. The van der Waals surface area contributed by atoms with Crippen LogP contribution in [-0.2, 0) is 0 Å². The fourth-order valence-electron chi connectivity index (χ4n) is 0.858. The van der Waals surface area contributed by atoms with Crippen molar-refractivity contribution >= 4 is 11.7 Å². The van der Waals surface area contributed by atoms with Crippen LogP contribution in [0.4, 0.5) is 5.82 Å². The number of hydrogen-bond acceptors (Lipinski definition) is 4. The molecule has 1 aromatic rings. The second-order valence-electron chi connectivity index (χ2n) is 2.79. The maximum absolute atomic E-state index is 11.5. The molecule has 0 saturated carbocycles. The predicted molar refractivity (Wildman–Crippen MR) is 53.6 cm³/mol. The third kappa shape index (κ3) is 2.29. The molecule has 1 atom stereocenters. The van der Waals surface area contributed by atoms with E-state index in [-0.39, 0.29) is 23.5 Å². The molecule has 0 fully saturated rings. The molecule has 74 valence electrons. The first kappa shape index (κ1) is 10.2. The molecule has 5 nitrogen and oxygen atoms in total. The molecule has 14 heavy (non-hydrogen) atoms. The van der Waals surface area contributed by atoms with Gasteiger partial charge >= 0.3 is 0 Å². The Bertz CT molecular complexity index is 350. The van der Waals surface area contributed by atoms with E-state index in [2.05, 4.69) is 21.9 Å². The van der Waals surface area contributed by atoms with Gasteiger partial charge in [-0.1, -0.05) is 6.08 Å². The number of hydrogen-bond donors (Lipinski definition) is 2. The van der Waals surface area contributed by atoms with Crippen molar-refractivity contribution in [1.82, 2.24) is 15.3 Å². The zero-order chi connectivity index (χ0) is 10.6. The molecule has 3 N–H and O–H groups in total. The lowest BCUT2D eigenvalue weighted by molar-refractivity contribution is 0.0942. The molecule has 5 heteroatoms. The van der Waals surface area contributed by atoms with Crippen molar-refractivity contribution in [3.63, 3.8) is 0 Å². The number of anilines is 1. The fourth-order valence-corrected chi connectivity index (χ4v) is 0.858. The molecule has 1 heterocycles. The van der Waals surface area contributed by atoms with Crippen molar-refractivity contribution in [2.75, 3.05) is 5.73 Å².